The van der Waals surface area contributed by atoms with Crippen molar-refractivity contribution < 1.29 is 23.4 Å². The molecule has 0 saturated heterocycles. The zero-order valence-corrected chi connectivity index (χ0v) is 11.1. The van der Waals surface area contributed by atoms with Gasteiger partial charge in [0.1, 0.15) is 11.8 Å². The summed E-state index contributed by atoms with van der Waals surface area (Å²) in [6, 6.07) is 3.46. The van der Waals surface area contributed by atoms with Gasteiger partial charge in [-0.3, -0.25) is 4.79 Å². The smallest absolute Gasteiger partial charge is 0.320 e. The minimum Gasteiger partial charge on any atom is -0.508 e. The van der Waals surface area contributed by atoms with Crippen LogP contribution in [0.25, 0.3) is 0 Å². The number of sulfonamides is 1. The number of hydrogen-bond acceptors (Lipinski definition) is 5. The molecule has 19 heavy (non-hydrogen) atoms. The Morgan fingerprint density at radius 2 is 2.11 bits per heavy atom. The normalized spacial score (nSPS) is 13.2. The first-order valence-corrected chi connectivity index (χ1v) is 7.32. The summed E-state index contributed by atoms with van der Waals surface area (Å²) in [5.74, 6) is -1.23. The maximum atomic E-state index is 10.9. The standard InChI is InChI=1S/C11H16N2O5S/c1-19(17,18)13-6-8-3-2-7(5-10(8)14)4-9(12)11(15)16/h2-3,5,9,13-14H,4,6,12H2,1H3,(H,15,16)/t9-/m0/s1. The number of carbonyl (C=O) groups is 1. The van der Waals surface area contributed by atoms with E-state index < -0.39 is 22.0 Å². The first kappa shape index (κ1) is 15.4. The molecule has 1 atom stereocenters. The third kappa shape index (κ3) is 5.25. The van der Waals surface area contributed by atoms with Gasteiger partial charge in [0.25, 0.3) is 0 Å². The molecule has 106 valence electrons. The molecule has 0 aromatic heterocycles. The zero-order valence-electron chi connectivity index (χ0n) is 10.3. The van der Waals surface area contributed by atoms with Crippen molar-refractivity contribution in [2.75, 3.05) is 6.26 Å². The molecule has 0 aliphatic heterocycles. The van der Waals surface area contributed by atoms with Crippen molar-refractivity contribution in [3.8, 4) is 5.75 Å². The van der Waals surface area contributed by atoms with Crippen LogP contribution in [0.5, 0.6) is 5.75 Å². The number of nitrogens with one attached hydrogen (secondary N) is 1. The number of rotatable bonds is 6. The molecule has 0 unspecified atom stereocenters. The number of nitrogens with two attached hydrogens (primary N) is 1. The Hall–Kier alpha value is -1.64. The van der Waals surface area contributed by atoms with Gasteiger partial charge in [-0.2, -0.15) is 0 Å². The van der Waals surface area contributed by atoms with E-state index in [9.17, 15) is 18.3 Å². The molecule has 5 N–H and O–H groups in total. The Labute approximate surface area is 111 Å². The van der Waals surface area contributed by atoms with Crippen molar-refractivity contribution in [3.05, 3.63) is 29.3 Å². The van der Waals surface area contributed by atoms with Gasteiger partial charge in [0, 0.05) is 12.1 Å². The van der Waals surface area contributed by atoms with Crippen LogP contribution >= 0.6 is 0 Å². The van der Waals surface area contributed by atoms with E-state index in [-0.39, 0.29) is 18.7 Å². The third-order valence-electron chi connectivity index (χ3n) is 2.45. The number of aromatic hydroxyl groups is 1. The summed E-state index contributed by atoms with van der Waals surface area (Å²) < 4.78 is 24.1. The van der Waals surface area contributed by atoms with Crippen LogP contribution in [-0.2, 0) is 27.8 Å². The van der Waals surface area contributed by atoms with Crippen LogP contribution in [0.4, 0.5) is 0 Å². The van der Waals surface area contributed by atoms with Crippen molar-refractivity contribution >= 4 is 16.0 Å². The molecule has 0 spiro atoms. The zero-order chi connectivity index (χ0) is 14.6. The Morgan fingerprint density at radius 1 is 1.47 bits per heavy atom. The molecule has 0 aliphatic carbocycles. The van der Waals surface area contributed by atoms with Crippen molar-refractivity contribution in [2.24, 2.45) is 5.73 Å². The molecule has 0 bridgehead atoms. The summed E-state index contributed by atoms with van der Waals surface area (Å²) >= 11 is 0. The Morgan fingerprint density at radius 3 is 2.58 bits per heavy atom. The van der Waals surface area contributed by atoms with Gasteiger partial charge in [-0.1, -0.05) is 12.1 Å². The highest BCUT2D eigenvalue weighted by molar-refractivity contribution is 7.88. The Kier molecular flexibility index (Phi) is 4.87. The maximum absolute atomic E-state index is 10.9. The summed E-state index contributed by atoms with van der Waals surface area (Å²) in [6.07, 6.45) is 1.10. The number of carboxylic acid groups (broad SMARTS) is 1. The number of carboxylic acids is 1. The third-order valence-corrected chi connectivity index (χ3v) is 3.12. The minimum atomic E-state index is -3.34. The first-order valence-electron chi connectivity index (χ1n) is 5.43. The van der Waals surface area contributed by atoms with Gasteiger partial charge in [-0.25, -0.2) is 13.1 Å². The average molecular weight is 288 g/mol. The molecule has 0 radical (unpaired) electrons. The molecule has 0 heterocycles. The molecular formula is C11H16N2O5S. The fourth-order valence-corrected chi connectivity index (χ4v) is 1.85. The van der Waals surface area contributed by atoms with Gasteiger partial charge in [0.2, 0.25) is 10.0 Å². The highest BCUT2D eigenvalue weighted by atomic mass is 32.2. The van der Waals surface area contributed by atoms with Gasteiger partial charge >= 0.3 is 5.97 Å². The van der Waals surface area contributed by atoms with E-state index in [2.05, 4.69) is 4.72 Å². The molecule has 0 aliphatic rings. The van der Waals surface area contributed by atoms with Crippen molar-refractivity contribution in [1.82, 2.24) is 4.72 Å². The lowest BCUT2D eigenvalue weighted by Gasteiger charge is -2.10. The largest absolute Gasteiger partial charge is 0.508 e. The minimum absolute atomic E-state index is 0.0318. The number of aliphatic carboxylic acids is 1. The number of phenolic OH excluding ortho intramolecular Hbond substituents is 1. The lowest BCUT2D eigenvalue weighted by atomic mass is 10.0. The molecule has 1 aromatic carbocycles. The highest BCUT2D eigenvalue weighted by Crippen LogP contribution is 2.19. The molecule has 1 rings (SSSR count). The second kappa shape index (κ2) is 6.00. The number of hydrogen-bond donors (Lipinski definition) is 4. The van der Waals surface area contributed by atoms with Gasteiger partial charge < -0.3 is 15.9 Å². The van der Waals surface area contributed by atoms with E-state index in [1.165, 1.54) is 12.1 Å². The van der Waals surface area contributed by atoms with E-state index in [1.807, 2.05) is 0 Å². The molecule has 7 nitrogen and oxygen atoms in total. The van der Waals surface area contributed by atoms with E-state index >= 15 is 0 Å². The van der Waals surface area contributed by atoms with Gasteiger partial charge in [0.15, 0.2) is 0 Å². The van der Waals surface area contributed by atoms with Crippen molar-refractivity contribution in [2.45, 2.75) is 19.0 Å². The first-order chi connectivity index (χ1) is 8.69. The molecule has 0 amide bonds. The van der Waals surface area contributed by atoms with Crippen LogP contribution in [0.2, 0.25) is 0 Å². The van der Waals surface area contributed by atoms with Gasteiger partial charge in [0.05, 0.1) is 6.26 Å². The Bertz CT molecular complexity index is 570. The number of benzene rings is 1. The molecular weight excluding hydrogens is 272 g/mol. The van der Waals surface area contributed by atoms with Crippen LogP contribution in [0, 0.1) is 0 Å². The predicted octanol–water partition coefficient (Wildman–Crippen LogP) is -0.604. The van der Waals surface area contributed by atoms with E-state index in [1.54, 1.807) is 6.07 Å². The van der Waals surface area contributed by atoms with Gasteiger partial charge in [-0.05, 0) is 18.1 Å². The van der Waals surface area contributed by atoms with E-state index in [0.717, 1.165) is 6.26 Å². The van der Waals surface area contributed by atoms with E-state index in [0.29, 0.717) is 11.1 Å². The highest BCUT2D eigenvalue weighted by Gasteiger charge is 2.13. The van der Waals surface area contributed by atoms with Gasteiger partial charge in [-0.15, -0.1) is 0 Å². The lowest BCUT2D eigenvalue weighted by molar-refractivity contribution is -0.138. The number of phenols is 1. The predicted molar refractivity (Wildman–Crippen MR) is 69.1 cm³/mol. The summed E-state index contributed by atoms with van der Waals surface area (Å²) in [5, 5.41) is 18.4. The summed E-state index contributed by atoms with van der Waals surface area (Å²) in [7, 11) is -3.34. The monoisotopic (exact) mass is 288 g/mol. The average Bonchev–Trinajstić information content (AvgIpc) is 2.26. The van der Waals surface area contributed by atoms with Crippen LogP contribution in [0.1, 0.15) is 11.1 Å². The van der Waals surface area contributed by atoms with Crippen LogP contribution in [0.15, 0.2) is 18.2 Å². The summed E-state index contributed by atoms with van der Waals surface area (Å²) in [4.78, 5) is 10.6. The molecule has 0 fully saturated rings. The van der Waals surface area contributed by atoms with Crippen LogP contribution < -0.4 is 10.5 Å². The van der Waals surface area contributed by atoms with Crippen molar-refractivity contribution in [1.29, 1.82) is 0 Å². The van der Waals surface area contributed by atoms with Crippen molar-refractivity contribution in [3.63, 3.8) is 0 Å². The second-order valence-electron chi connectivity index (χ2n) is 4.21. The summed E-state index contributed by atoms with van der Waals surface area (Å²) in [6.45, 7) is -0.0318. The SMILES string of the molecule is CS(=O)(=O)NCc1ccc(C[C@H](N)C(=O)O)cc1O. The van der Waals surface area contributed by atoms with E-state index in [4.69, 9.17) is 10.8 Å². The topological polar surface area (TPSA) is 130 Å². The summed E-state index contributed by atoms with van der Waals surface area (Å²) in [5.41, 5.74) is 6.35. The lowest BCUT2D eigenvalue weighted by Crippen LogP contribution is -2.32. The fraction of sp³-hybridized carbons (Fsp3) is 0.364. The molecule has 0 saturated carbocycles. The molecule has 8 heteroatoms. The fourth-order valence-electron chi connectivity index (χ4n) is 1.44. The quantitative estimate of drug-likeness (QED) is 0.553. The Balaban J connectivity index is 2.77. The second-order valence-corrected chi connectivity index (χ2v) is 6.04. The van der Waals surface area contributed by atoms with Crippen LogP contribution in [-0.4, -0.2) is 36.9 Å². The maximum Gasteiger partial charge on any atom is 0.320 e. The molecule has 1 aromatic rings. The van der Waals surface area contributed by atoms with Crippen LogP contribution in [0.3, 0.4) is 0 Å².